The van der Waals surface area contributed by atoms with E-state index < -0.39 is 26.6 Å². The van der Waals surface area contributed by atoms with E-state index in [-0.39, 0.29) is 18.5 Å². The lowest BCUT2D eigenvalue weighted by molar-refractivity contribution is 0.348. The summed E-state index contributed by atoms with van der Waals surface area (Å²) in [7, 11) is -4.01. The maximum Gasteiger partial charge on any atom is 0.246 e. The SMILES string of the molecule is CC1(CN)CCN(S(=O)(=O)c2cccc(F)c2F)C1. The molecule has 1 fully saturated rings. The average Bonchev–Trinajstić information content (AvgIpc) is 2.77. The third kappa shape index (κ3) is 2.50. The lowest BCUT2D eigenvalue weighted by Gasteiger charge is -2.22. The summed E-state index contributed by atoms with van der Waals surface area (Å²) >= 11 is 0. The van der Waals surface area contributed by atoms with Gasteiger partial charge in [-0.2, -0.15) is 4.31 Å². The zero-order valence-electron chi connectivity index (χ0n) is 10.6. The van der Waals surface area contributed by atoms with Crippen LogP contribution in [0.1, 0.15) is 13.3 Å². The van der Waals surface area contributed by atoms with Crippen molar-refractivity contribution in [1.82, 2.24) is 4.31 Å². The lowest BCUT2D eigenvalue weighted by Crippen LogP contribution is -2.34. The molecule has 1 aromatic carbocycles. The number of halogens is 2. The Hall–Kier alpha value is -1.05. The minimum atomic E-state index is -4.01. The van der Waals surface area contributed by atoms with E-state index in [1.165, 1.54) is 6.07 Å². The maximum absolute atomic E-state index is 13.6. The molecular formula is C12H16F2N2O2S. The number of nitrogens with zero attached hydrogens (tertiary/aromatic N) is 1. The average molecular weight is 290 g/mol. The van der Waals surface area contributed by atoms with Crippen LogP contribution in [0.3, 0.4) is 0 Å². The Labute approximate surface area is 111 Å². The molecule has 0 saturated carbocycles. The van der Waals surface area contributed by atoms with Crippen molar-refractivity contribution in [2.45, 2.75) is 18.2 Å². The zero-order chi connectivity index (χ0) is 14.3. The molecule has 19 heavy (non-hydrogen) atoms. The van der Waals surface area contributed by atoms with Gasteiger partial charge in [0.15, 0.2) is 11.6 Å². The van der Waals surface area contributed by atoms with Crippen LogP contribution in [0, 0.1) is 17.0 Å². The molecule has 0 bridgehead atoms. The first-order valence-electron chi connectivity index (χ1n) is 5.94. The number of hydrogen-bond acceptors (Lipinski definition) is 3. The van der Waals surface area contributed by atoms with Crippen LogP contribution in [0.15, 0.2) is 23.1 Å². The van der Waals surface area contributed by atoms with Crippen molar-refractivity contribution >= 4 is 10.0 Å². The standard InChI is InChI=1S/C12H16F2N2O2S/c1-12(7-15)5-6-16(8-12)19(17,18)10-4-2-3-9(13)11(10)14/h2-4H,5-8,15H2,1H3. The van der Waals surface area contributed by atoms with Gasteiger partial charge in [-0.3, -0.25) is 0 Å². The smallest absolute Gasteiger partial charge is 0.246 e. The van der Waals surface area contributed by atoms with Crippen LogP contribution in [-0.4, -0.2) is 32.4 Å². The van der Waals surface area contributed by atoms with Gasteiger partial charge in [0.2, 0.25) is 10.0 Å². The summed E-state index contributed by atoms with van der Waals surface area (Å²) < 4.78 is 52.5. The van der Waals surface area contributed by atoms with Crippen LogP contribution in [0.25, 0.3) is 0 Å². The van der Waals surface area contributed by atoms with Crippen molar-refractivity contribution in [2.75, 3.05) is 19.6 Å². The molecule has 4 nitrogen and oxygen atoms in total. The summed E-state index contributed by atoms with van der Waals surface area (Å²) in [6, 6.07) is 3.15. The van der Waals surface area contributed by atoms with Crippen LogP contribution < -0.4 is 5.73 Å². The second-order valence-corrected chi connectivity index (χ2v) is 7.06. The quantitative estimate of drug-likeness (QED) is 0.913. The molecule has 2 N–H and O–H groups in total. The molecule has 1 saturated heterocycles. The number of sulfonamides is 1. The topological polar surface area (TPSA) is 63.4 Å². The molecular weight excluding hydrogens is 274 g/mol. The second kappa shape index (κ2) is 4.81. The summed E-state index contributed by atoms with van der Waals surface area (Å²) in [5.41, 5.74) is 5.30. The fourth-order valence-corrected chi connectivity index (χ4v) is 3.84. The van der Waals surface area contributed by atoms with Gasteiger partial charge in [0.1, 0.15) is 4.90 Å². The van der Waals surface area contributed by atoms with E-state index in [2.05, 4.69) is 0 Å². The molecule has 7 heteroatoms. The predicted octanol–water partition coefficient (Wildman–Crippen LogP) is 1.32. The van der Waals surface area contributed by atoms with Gasteiger partial charge in [-0.15, -0.1) is 0 Å². The van der Waals surface area contributed by atoms with E-state index in [4.69, 9.17) is 5.73 Å². The second-order valence-electron chi connectivity index (χ2n) is 5.16. The number of hydrogen-bond donors (Lipinski definition) is 1. The highest BCUT2D eigenvalue weighted by atomic mass is 32.2. The van der Waals surface area contributed by atoms with Gasteiger partial charge in [-0.25, -0.2) is 17.2 Å². The fraction of sp³-hybridized carbons (Fsp3) is 0.500. The van der Waals surface area contributed by atoms with Crippen LogP contribution in [0.4, 0.5) is 8.78 Å². The summed E-state index contributed by atoms with van der Waals surface area (Å²) in [6.45, 7) is 2.73. The first-order valence-corrected chi connectivity index (χ1v) is 7.38. The van der Waals surface area contributed by atoms with Crippen molar-refractivity contribution in [3.05, 3.63) is 29.8 Å². The first kappa shape index (κ1) is 14.4. The number of nitrogens with two attached hydrogens (primary N) is 1. The molecule has 1 heterocycles. The van der Waals surface area contributed by atoms with Crippen LogP contribution in [-0.2, 0) is 10.0 Å². The Balaban J connectivity index is 2.37. The van der Waals surface area contributed by atoms with Gasteiger partial charge in [0.25, 0.3) is 0 Å². The number of benzene rings is 1. The van der Waals surface area contributed by atoms with E-state index in [0.29, 0.717) is 13.0 Å². The Kier molecular flexibility index (Phi) is 3.63. The molecule has 0 aliphatic carbocycles. The Bertz CT molecular complexity index is 591. The van der Waals surface area contributed by atoms with E-state index in [9.17, 15) is 17.2 Å². The Morgan fingerprint density at radius 3 is 2.68 bits per heavy atom. The minimum Gasteiger partial charge on any atom is -0.330 e. The summed E-state index contributed by atoms with van der Waals surface area (Å²) in [5.74, 6) is -2.49. The minimum absolute atomic E-state index is 0.224. The van der Waals surface area contributed by atoms with Crippen molar-refractivity contribution < 1.29 is 17.2 Å². The Morgan fingerprint density at radius 2 is 2.11 bits per heavy atom. The predicted molar refractivity (Wildman–Crippen MR) is 66.9 cm³/mol. The van der Waals surface area contributed by atoms with Crippen molar-refractivity contribution in [3.8, 4) is 0 Å². The number of rotatable bonds is 3. The molecule has 0 amide bonds. The van der Waals surface area contributed by atoms with Gasteiger partial charge in [-0.05, 0) is 30.5 Å². The van der Waals surface area contributed by atoms with Crippen molar-refractivity contribution in [3.63, 3.8) is 0 Å². The molecule has 2 rings (SSSR count). The molecule has 0 radical (unpaired) electrons. The van der Waals surface area contributed by atoms with Gasteiger partial charge in [-0.1, -0.05) is 13.0 Å². The lowest BCUT2D eigenvalue weighted by atomic mass is 9.90. The zero-order valence-corrected chi connectivity index (χ0v) is 11.4. The van der Waals surface area contributed by atoms with Crippen molar-refractivity contribution in [1.29, 1.82) is 0 Å². The third-order valence-corrected chi connectivity index (χ3v) is 5.41. The molecule has 0 spiro atoms. The van der Waals surface area contributed by atoms with Gasteiger partial charge in [0.05, 0.1) is 0 Å². The first-order chi connectivity index (χ1) is 8.80. The highest BCUT2D eigenvalue weighted by molar-refractivity contribution is 7.89. The molecule has 1 atom stereocenters. The summed E-state index contributed by atoms with van der Waals surface area (Å²) in [4.78, 5) is -0.617. The molecule has 1 unspecified atom stereocenters. The largest absolute Gasteiger partial charge is 0.330 e. The molecule has 1 aliphatic heterocycles. The highest BCUT2D eigenvalue weighted by Crippen LogP contribution is 2.33. The highest BCUT2D eigenvalue weighted by Gasteiger charge is 2.40. The van der Waals surface area contributed by atoms with Crippen molar-refractivity contribution in [2.24, 2.45) is 11.1 Å². The van der Waals surface area contributed by atoms with Gasteiger partial charge in [0, 0.05) is 13.1 Å². The van der Waals surface area contributed by atoms with E-state index >= 15 is 0 Å². The van der Waals surface area contributed by atoms with E-state index in [1.807, 2.05) is 6.92 Å². The van der Waals surface area contributed by atoms with E-state index in [0.717, 1.165) is 16.4 Å². The summed E-state index contributed by atoms with van der Waals surface area (Å²) in [6.07, 6.45) is 0.611. The molecule has 0 aromatic heterocycles. The molecule has 1 aliphatic rings. The fourth-order valence-electron chi connectivity index (χ4n) is 2.17. The van der Waals surface area contributed by atoms with Gasteiger partial charge >= 0.3 is 0 Å². The van der Waals surface area contributed by atoms with Crippen LogP contribution >= 0.6 is 0 Å². The maximum atomic E-state index is 13.6. The summed E-state index contributed by atoms with van der Waals surface area (Å²) in [5, 5.41) is 0. The van der Waals surface area contributed by atoms with Crippen LogP contribution in [0.5, 0.6) is 0 Å². The molecule has 1 aromatic rings. The Morgan fingerprint density at radius 1 is 1.42 bits per heavy atom. The van der Waals surface area contributed by atoms with E-state index in [1.54, 1.807) is 0 Å². The third-order valence-electron chi connectivity index (χ3n) is 3.55. The van der Waals surface area contributed by atoms with Crippen LogP contribution in [0.2, 0.25) is 0 Å². The monoisotopic (exact) mass is 290 g/mol. The van der Waals surface area contributed by atoms with Gasteiger partial charge < -0.3 is 5.73 Å². The normalized spacial score (nSPS) is 24.8. The molecule has 106 valence electrons.